The number of likely N-dealkylation sites (tertiary alicyclic amines) is 1. The summed E-state index contributed by atoms with van der Waals surface area (Å²) in [5, 5.41) is 3.20. The molecule has 3 aromatic rings. The number of methoxy groups -OCH3 is 1. The molecule has 1 aliphatic heterocycles. The SMILES string of the molecule is CCc1ccc(C[NH+]2CCCC(C(=O)Nc3ccccc3-c3ccc(OC)cc3)C2)o1. The van der Waals surface area contributed by atoms with Crippen LogP contribution in [-0.4, -0.2) is 26.1 Å². The van der Waals surface area contributed by atoms with Gasteiger partial charge in [-0.2, -0.15) is 0 Å². The Morgan fingerprint density at radius 2 is 1.87 bits per heavy atom. The highest BCUT2D eigenvalue weighted by atomic mass is 16.5. The van der Waals surface area contributed by atoms with E-state index in [1.807, 2.05) is 48.5 Å². The van der Waals surface area contributed by atoms with Crippen LogP contribution in [0.1, 0.15) is 31.3 Å². The van der Waals surface area contributed by atoms with Crippen LogP contribution in [0.15, 0.2) is 65.1 Å². The Morgan fingerprint density at radius 1 is 1.10 bits per heavy atom. The minimum absolute atomic E-state index is 0.00767. The first kappa shape index (κ1) is 21.2. The van der Waals surface area contributed by atoms with Gasteiger partial charge in [0.1, 0.15) is 18.1 Å². The Balaban J connectivity index is 1.43. The summed E-state index contributed by atoms with van der Waals surface area (Å²) in [5.41, 5.74) is 2.92. The smallest absolute Gasteiger partial charge is 0.233 e. The molecule has 2 unspecified atom stereocenters. The molecule has 2 N–H and O–H groups in total. The van der Waals surface area contributed by atoms with E-state index >= 15 is 0 Å². The van der Waals surface area contributed by atoms with Crippen molar-refractivity contribution in [2.24, 2.45) is 5.92 Å². The van der Waals surface area contributed by atoms with Crippen LogP contribution < -0.4 is 15.0 Å². The Labute approximate surface area is 184 Å². The Hall–Kier alpha value is -3.05. The average Bonchev–Trinajstić information content (AvgIpc) is 3.27. The van der Waals surface area contributed by atoms with E-state index in [-0.39, 0.29) is 11.8 Å². The molecule has 0 radical (unpaired) electrons. The van der Waals surface area contributed by atoms with Crippen LogP contribution in [0.3, 0.4) is 0 Å². The number of benzene rings is 2. The van der Waals surface area contributed by atoms with Crippen LogP contribution in [0.25, 0.3) is 11.1 Å². The van der Waals surface area contributed by atoms with E-state index in [2.05, 4.69) is 24.4 Å². The number of quaternary nitrogens is 1. The summed E-state index contributed by atoms with van der Waals surface area (Å²) >= 11 is 0. The minimum atomic E-state index is 0.00767. The van der Waals surface area contributed by atoms with Crippen LogP contribution >= 0.6 is 0 Å². The number of carbonyl (C=O) groups excluding carboxylic acids is 1. The van der Waals surface area contributed by atoms with Crippen molar-refractivity contribution in [3.8, 4) is 16.9 Å². The van der Waals surface area contributed by atoms with E-state index < -0.39 is 0 Å². The molecule has 5 heteroatoms. The highest BCUT2D eigenvalue weighted by Gasteiger charge is 2.29. The monoisotopic (exact) mass is 419 g/mol. The summed E-state index contributed by atoms with van der Waals surface area (Å²) in [6, 6.07) is 20.0. The second-order valence-corrected chi connectivity index (χ2v) is 8.20. The van der Waals surface area contributed by atoms with E-state index in [1.54, 1.807) is 7.11 Å². The summed E-state index contributed by atoms with van der Waals surface area (Å²) in [6.45, 7) is 4.85. The molecule has 1 amide bonds. The summed E-state index contributed by atoms with van der Waals surface area (Å²) in [7, 11) is 1.66. The molecule has 1 saturated heterocycles. The fraction of sp³-hybridized carbons (Fsp3) is 0.346. The summed E-state index contributed by atoms with van der Waals surface area (Å²) in [5.74, 6) is 2.96. The number of hydrogen-bond acceptors (Lipinski definition) is 3. The molecule has 0 bridgehead atoms. The lowest BCUT2D eigenvalue weighted by Crippen LogP contribution is -3.12. The van der Waals surface area contributed by atoms with Gasteiger partial charge in [0.2, 0.25) is 5.91 Å². The standard InChI is InChI=1S/C26H30N2O3/c1-3-21-14-15-23(31-21)18-28-16-6-7-20(17-28)26(29)27-25-9-5-4-8-24(25)19-10-12-22(30-2)13-11-19/h4-5,8-15,20H,3,6-7,16-18H2,1-2H3,(H,27,29)/p+1. The summed E-state index contributed by atoms with van der Waals surface area (Å²) < 4.78 is 11.1. The van der Waals surface area contributed by atoms with Crippen LogP contribution in [0.2, 0.25) is 0 Å². The highest BCUT2D eigenvalue weighted by molar-refractivity contribution is 5.96. The van der Waals surface area contributed by atoms with Gasteiger partial charge in [-0.15, -0.1) is 0 Å². The zero-order chi connectivity index (χ0) is 21.6. The molecule has 1 aliphatic rings. The largest absolute Gasteiger partial charge is 0.497 e. The van der Waals surface area contributed by atoms with Crippen LogP contribution in [-0.2, 0) is 17.8 Å². The van der Waals surface area contributed by atoms with Gasteiger partial charge in [0.25, 0.3) is 0 Å². The topological polar surface area (TPSA) is 55.9 Å². The van der Waals surface area contributed by atoms with Gasteiger partial charge in [0, 0.05) is 17.7 Å². The summed E-state index contributed by atoms with van der Waals surface area (Å²) in [6.07, 6.45) is 2.89. The van der Waals surface area contributed by atoms with Gasteiger partial charge in [-0.05, 0) is 48.7 Å². The molecular weight excluding hydrogens is 388 g/mol. The fourth-order valence-electron chi connectivity index (χ4n) is 4.34. The maximum atomic E-state index is 13.1. The van der Waals surface area contributed by atoms with E-state index in [9.17, 15) is 4.79 Å². The predicted octanol–water partition coefficient (Wildman–Crippen LogP) is 3.95. The predicted molar refractivity (Wildman–Crippen MR) is 122 cm³/mol. The second kappa shape index (κ2) is 9.84. The molecule has 4 rings (SSSR count). The van der Waals surface area contributed by atoms with Gasteiger partial charge in [-0.25, -0.2) is 0 Å². The Kier molecular flexibility index (Phi) is 6.73. The van der Waals surface area contributed by atoms with Crippen molar-refractivity contribution in [2.45, 2.75) is 32.7 Å². The third kappa shape index (κ3) is 5.17. The number of aryl methyl sites for hydroxylation is 1. The average molecular weight is 420 g/mol. The lowest BCUT2D eigenvalue weighted by molar-refractivity contribution is -0.922. The third-order valence-corrected chi connectivity index (χ3v) is 6.06. The van der Waals surface area contributed by atoms with Gasteiger partial charge < -0.3 is 19.4 Å². The molecule has 0 aliphatic carbocycles. The quantitative estimate of drug-likeness (QED) is 0.610. The van der Waals surface area contributed by atoms with Gasteiger partial charge in [0.15, 0.2) is 5.76 Å². The number of amides is 1. The van der Waals surface area contributed by atoms with E-state index in [4.69, 9.17) is 9.15 Å². The minimum Gasteiger partial charge on any atom is -0.497 e. The zero-order valence-corrected chi connectivity index (χ0v) is 18.3. The van der Waals surface area contributed by atoms with Crippen molar-refractivity contribution >= 4 is 11.6 Å². The van der Waals surface area contributed by atoms with Crippen LogP contribution in [0.5, 0.6) is 5.75 Å². The second-order valence-electron chi connectivity index (χ2n) is 8.20. The Morgan fingerprint density at radius 3 is 2.61 bits per heavy atom. The molecule has 0 saturated carbocycles. The molecule has 2 atom stereocenters. The molecule has 1 aromatic heterocycles. The van der Waals surface area contributed by atoms with Gasteiger partial charge >= 0.3 is 0 Å². The van der Waals surface area contributed by atoms with Crippen molar-refractivity contribution in [1.82, 2.24) is 0 Å². The van der Waals surface area contributed by atoms with E-state index in [1.165, 1.54) is 4.90 Å². The molecule has 2 heterocycles. The molecular formula is C26H31N2O3+. The maximum Gasteiger partial charge on any atom is 0.233 e. The molecule has 0 spiro atoms. The van der Waals surface area contributed by atoms with E-state index in [0.717, 1.165) is 73.0 Å². The number of furan rings is 1. The molecule has 5 nitrogen and oxygen atoms in total. The van der Waals surface area contributed by atoms with Crippen LogP contribution in [0.4, 0.5) is 5.69 Å². The van der Waals surface area contributed by atoms with Gasteiger partial charge in [-0.1, -0.05) is 37.3 Å². The number of rotatable bonds is 7. The first-order chi connectivity index (χ1) is 15.2. The third-order valence-electron chi connectivity index (χ3n) is 6.06. The summed E-state index contributed by atoms with van der Waals surface area (Å²) in [4.78, 5) is 14.5. The van der Waals surface area contributed by atoms with Crippen molar-refractivity contribution in [3.63, 3.8) is 0 Å². The zero-order valence-electron chi connectivity index (χ0n) is 18.3. The van der Waals surface area contributed by atoms with Gasteiger partial charge in [-0.3, -0.25) is 4.79 Å². The number of anilines is 1. The van der Waals surface area contributed by atoms with Crippen molar-refractivity contribution in [2.75, 3.05) is 25.5 Å². The highest BCUT2D eigenvalue weighted by Crippen LogP contribution is 2.29. The number of ether oxygens (including phenoxy) is 1. The first-order valence-corrected chi connectivity index (χ1v) is 11.1. The van der Waals surface area contributed by atoms with Gasteiger partial charge in [0.05, 0.1) is 26.1 Å². The maximum absolute atomic E-state index is 13.1. The number of carbonyl (C=O) groups is 1. The van der Waals surface area contributed by atoms with Crippen molar-refractivity contribution in [3.05, 3.63) is 72.2 Å². The number of nitrogens with one attached hydrogen (secondary N) is 2. The van der Waals surface area contributed by atoms with Crippen LogP contribution in [0, 0.1) is 5.92 Å². The number of piperidine rings is 1. The lowest BCUT2D eigenvalue weighted by Gasteiger charge is -2.28. The number of hydrogen-bond donors (Lipinski definition) is 2. The molecule has 2 aromatic carbocycles. The van der Waals surface area contributed by atoms with Crippen molar-refractivity contribution < 1.29 is 18.8 Å². The molecule has 31 heavy (non-hydrogen) atoms. The fourth-order valence-corrected chi connectivity index (χ4v) is 4.34. The number of para-hydroxylation sites is 1. The molecule has 1 fully saturated rings. The molecule has 162 valence electrons. The van der Waals surface area contributed by atoms with E-state index in [0.29, 0.717) is 0 Å². The Bertz CT molecular complexity index is 1010. The van der Waals surface area contributed by atoms with Crippen molar-refractivity contribution in [1.29, 1.82) is 0 Å². The lowest BCUT2D eigenvalue weighted by atomic mass is 9.96. The normalized spacial score (nSPS) is 18.5. The first-order valence-electron chi connectivity index (χ1n) is 11.1.